The average Bonchev–Trinajstić information content (AvgIpc) is 3.10. The zero-order valence-corrected chi connectivity index (χ0v) is 10.5. The first-order chi connectivity index (χ1) is 7.33. The minimum Gasteiger partial charge on any atom is -0.336 e. The van der Waals surface area contributed by atoms with Gasteiger partial charge in [-0.25, -0.2) is 0 Å². The van der Waals surface area contributed by atoms with Crippen LogP contribution < -0.4 is 5.32 Å². The lowest BCUT2D eigenvalue weighted by Gasteiger charge is -2.29. The van der Waals surface area contributed by atoms with E-state index >= 15 is 0 Å². The molecule has 92 valence electrons. The van der Waals surface area contributed by atoms with Gasteiger partial charge in [-0.05, 0) is 38.8 Å². The number of hydrogen-bond acceptors (Lipinski definition) is 2. The van der Waals surface area contributed by atoms with Crippen LogP contribution in [0.3, 0.4) is 0 Å². The van der Waals surface area contributed by atoms with Crippen LogP contribution in [-0.2, 0) is 4.79 Å². The number of nitrogens with one attached hydrogen (secondary N) is 1. The molecule has 0 unspecified atom stereocenters. The number of carbonyl (C=O) groups is 1. The van der Waals surface area contributed by atoms with Crippen molar-refractivity contribution in [1.82, 2.24) is 10.2 Å². The summed E-state index contributed by atoms with van der Waals surface area (Å²) < 4.78 is 0. The molecule has 0 atom stereocenters. The third-order valence-corrected chi connectivity index (χ3v) is 3.28. The molecule has 0 aromatic carbocycles. The van der Waals surface area contributed by atoms with Gasteiger partial charge in [-0.3, -0.25) is 4.79 Å². The van der Waals surface area contributed by atoms with E-state index in [1.807, 2.05) is 11.0 Å². The number of halogens is 1. The molecule has 1 heterocycles. The Labute approximate surface area is 104 Å². The van der Waals surface area contributed by atoms with Crippen molar-refractivity contribution in [3.8, 4) is 0 Å². The molecular weight excluding hydrogens is 224 g/mol. The van der Waals surface area contributed by atoms with Gasteiger partial charge in [0.15, 0.2) is 0 Å². The molecule has 1 aliphatic carbocycles. The Morgan fingerprint density at radius 2 is 1.94 bits per heavy atom. The molecule has 1 saturated heterocycles. The fourth-order valence-electron chi connectivity index (χ4n) is 2.25. The molecule has 0 aromatic heterocycles. The monoisotopic (exact) mass is 244 g/mol. The first-order valence-corrected chi connectivity index (χ1v) is 5.95. The van der Waals surface area contributed by atoms with Crippen LogP contribution in [-0.4, -0.2) is 36.5 Å². The number of carbonyl (C=O) groups excluding carboxylic acids is 1. The maximum atomic E-state index is 12.2. The maximum absolute atomic E-state index is 12.2. The summed E-state index contributed by atoms with van der Waals surface area (Å²) >= 11 is 0. The van der Waals surface area contributed by atoms with Crippen molar-refractivity contribution in [1.29, 1.82) is 0 Å². The van der Waals surface area contributed by atoms with Crippen molar-refractivity contribution >= 4 is 18.3 Å². The minimum atomic E-state index is 0. The molecule has 2 rings (SSSR count). The van der Waals surface area contributed by atoms with Crippen LogP contribution in [0.1, 0.15) is 25.7 Å². The topological polar surface area (TPSA) is 32.3 Å². The highest BCUT2D eigenvalue weighted by molar-refractivity contribution is 5.85. The van der Waals surface area contributed by atoms with Crippen LogP contribution in [0.25, 0.3) is 0 Å². The van der Waals surface area contributed by atoms with Crippen LogP contribution in [0.2, 0.25) is 0 Å². The predicted molar refractivity (Wildman–Crippen MR) is 67.8 cm³/mol. The number of rotatable bonds is 4. The van der Waals surface area contributed by atoms with E-state index in [4.69, 9.17) is 0 Å². The zero-order chi connectivity index (χ0) is 10.7. The summed E-state index contributed by atoms with van der Waals surface area (Å²) in [4.78, 5) is 14.3. The fraction of sp³-hybridized carbons (Fsp3) is 0.750. The first kappa shape index (κ1) is 13.5. The molecule has 0 spiro atoms. The third kappa shape index (κ3) is 3.22. The zero-order valence-electron chi connectivity index (χ0n) is 9.65. The molecule has 1 N–H and O–H groups in total. The second-order valence-electron chi connectivity index (χ2n) is 4.53. The second-order valence-corrected chi connectivity index (χ2v) is 4.53. The van der Waals surface area contributed by atoms with Crippen LogP contribution in [0.15, 0.2) is 12.7 Å². The summed E-state index contributed by atoms with van der Waals surface area (Å²) in [6.07, 6.45) is 6.21. The second kappa shape index (κ2) is 6.26. The molecule has 3 nitrogen and oxygen atoms in total. The molecule has 2 aliphatic rings. The van der Waals surface area contributed by atoms with E-state index < -0.39 is 0 Å². The Balaban J connectivity index is 0.00000128. The highest BCUT2D eigenvalue weighted by Gasteiger charge is 2.35. The van der Waals surface area contributed by atoms with Gasteiger partial charge in [0, 0.05) is 18.5 Å². The first-order valence-electron chi connectivity index (χ1n) is 5.95. The third-order valence-electron chi connectivity index (χ3n) is 3.28. The number of nitrogens with zero attached hydrogens (tertiary/aromatic N) is 1. The minimum absolute atomic E-state index is 0. The largest absolute Gasteiger partial charge is 0.336 e. The molecule has 0 aromatic rings. The van der Waals surface area contributed by atoms with E-state index in [1.165, 1.54) is 12.8 Å². The lowest BCUT2D eigenvalue weighted by Crippen LogP contribution is -2.42. The van der Waals surface area contributed by atoms with Crippen LogP contribution in [0, 0.1) is 5.92 Å². The summed E-state index contributed by atoms with van der Waals surface area (Å²) in [6, 6.07) is 0.519. The number of piperidine rings is 1. The van der Waals surface area contributed by atoms with Gasteiger partial charge in [0.1, 0.15) is 0 Å². The van der Waals surface area contributed by atoms with Crippen molar-refractivity contribution < 1.29 is 4.79 Å². The van der Waals surface area contributed by atoms with Gasteiger partial charge in [-0.15, -0.1) is 19.0 Å². The Hall–Kier alpha value is -0.540. The fourth-order valence-corrected chi connectivity index (χ4v) is 2.25. The van der Waals surface area contributed by atoms with Crippen LogP contribution in [0.5, 0.6) is 0 Å². The SMILES string of the molecule is C=CCN(C(=O)C1CCNCC1)C1CC1.Cl. The Bertz CT molecular complexity index is 247. The average molecular weight is 245 g/mol. The Morgan fingerprint density at radius 3 is 2.44 bits per heavy atom. The van der Waals surface area contributed by atoms with Gasteiger partial charge < -0.3 is 10.2 Å². The maximum Gasteiger partial charge on any atom is 0.226 e. The highest BCUT2D eigenvalue weighted by Crippen LogP contribution is 2.29. The molecule has 1 amide bonds. The summed E-state index contributed by atoms with van der Waals surface area (Å²) in [7, 11) is 0. The van der Waals surface area contributed by atoms with E-state index in [0.717, 1.165) is 32.5 Å². The standard InChI is InChI=1S/C12H20N2O.ClH/c1-2-9-14(11-3-4-11)12(15)10-5-7-13-8-6-10;/h2,10-11,13H,1,3-9H2;1H. The molecule has 1 saturated carbocycles. The van der Waals surface area contributed by atoms with E-state index in [0.29, 0.717) is 11.9 Å². The van der Waals surface area contributed by atoms with Crippen molar-refractivity contribution in [3.05, 3.63) is 12.7 Å². The molecule has 0 radical (unpaired) electrons. The summed E-state index contributed by atoms with van der Waals surface area (Å²) in [5.74, 6) is 0.616. The number of amides is 1. The molecular formula is C12H21ClN2O. The molecule has 1 aliphatic heterocycles. The van der Waals surface area contributed by atoms with Crippen molar-refractivity contribution in [2.75, 3.05) is 19.6 Å². The van der Waals surface area contributed by atoms with Crippen LogP contribution in [0.4, 0.5) is 0 Å². The smallest absolute Gasteiger partial charge is 0.226 e. The molecule has 0 bridgehead atoms. The van der Waals surface area contributed by atoms with Gasteiger partial charge >= 0.3 is 0 Å². The van der Waals surface area contributed by atoms with Crippen molar-refractivity contribution in [2.24, 2.45) is 5.92 Å². The van der Waals surface area contributed by atoms with Crippen molar-refractivity contribution in [3.63, 3.8) is 0 Å². The molecule has 4 heteroatoms. The molecule has 2 fully saturated rings. The van der Waals surface area contributed by atoms with Crippen molar-refractivity contribution in [2.45, 2.75) is 31.7 Å². The summed E-state index contributed by atoms with van der Waals surface area (Å²) in [5.41, 5.74) is 0. The summed E-state index contributed by atoms with van der Waals surface area (Å²) in [5, 5.41) is 3.29. The van der Waals surface area contributed by atoms with E-state index in [9.17, 15) is 4.79 Å². The van der Waals surface area contributed by atoms with Gasteiger partial charge in [0.05, 0.1) is 0 Å². The predicted octanol–water partition coefficient (Wildman–Crippen LogP) is 1.58. The van der Waals surface area contributed by atoms with E-state index in [-0.39, 0.29) is 18.3 Å². The lowest BCUT2D eigenvalue weighted by atomic mass is 9.96. The molecule has 16 heavy (non-hydrogen) atoms. The Kier molecular flexibility index (Phi) is 5.29. The van der Waals surface area contributed by atoms with E-state index in [1.54, 1.807) is 0 Å². The Morgan fingerprint density at radius 1 is 1.31 bits per heavy atom. The van der Waals surface area contributed by atoms with Gasteiger partial charge in [-0.2, -0.15) is 0 Å². The normalized spacial score (nSPS) is 21.0. The van der Waals surface area contributed by atoms with Gasteiger partial charge in [0.2, 0.25) is 5.91 Å². The van der Waals surface area contributed by atoms with Crippen LogP contribution >= 0.6 is 12.4 Å². The lowest BCUT2D eigenvalue weighted by molar-refractivity contribution is -0.136. The van der Waals surface area contributed by atoms with Gasteiger partial charge in [-0.1, -0.05) is 6.08 Å². The van der Waals surface area contributed by atoms with Gasteiger partial charge in [0.25, 0.3) is 0 Å². The summed E-state index contributed by atoms with van der Waals surface area (Å²) in [6.45, 7) is 6.44. The highest BCUT2D eigenvalue weighted by atomic mass is 35.5. The quantitative estimate of drug-likeness (QED) is 0.762. The number of hydrogen-bond donors (Lipinski definition) is 1. The van der Waals surface area contributed by atoms with E-state index in [2.05, 4.69) is 11.9 Å².